The molecule has 0 aliphatic heterocycles. The molecule has 0 unspecified atom stereocenters. The van der Waals surface area contributed by atoms with E-state index in [4.69, 9.17) is 4.74 Å². The average molecular weight is 303 g/mol. The van der Waals surface area contributed by atoms with Gasteiger partial charge in [-0.25, -0.2) is 9.78 Å². The number of benzene rings is 1. The maximum Gasteiger partial charge on any atom is 0.318 e. The number of aromatic nitrogens is 3. The molecule has 0 aliphatic carbocycles. The standard InChI is InChI=1S/C15H21N5O2/c1-10(14-17-11(2)18-19-14)16-15(21)20(3)9-12-6-5-7-13(8-12)22-4/h5-8,10H,9H2,1-4H3,(H,16,21)(H,17,18,19)/t10-/m1/s1. The maximum atomic E-state index is 12.2. The molecule has 0 aliphatic rings. The van der Waals surface area contributed by atoms with Crippen LogP contribution < -0.4 is 10.1 Å². The molecule has 2 aromatic rings. The Kier molecular flexibility index (Phi) is 4.98. The van der Waals surface area contributed by atoms with E-state index in [0.29, 0.717) is 12.4 Å². The Morgan fingerprint density at radius 3 is 2.91 bits per heavy atom. The normalized spacial score (nSPS) is 11.8. The van der Waals surface area contributed by atoms with Gasteiger partial charge in [0.1, 0.15) is 11.6 Å². The third-order valence-corrected chi connectivity index (χ3v) is 3.24. The van der Waals surface area contributed by atoms with Gasteiger partial charge >= 0.3 is 6.03 Å². The van der Waals surface area contributed by atoms with Gasteiger partial charge in [-0.05, 0) is 31.5 Å². The van der Waals surface area contributed by atoms with E-state index in [2.05, 4.69) is 20.5 Å². The summed E-state index contributed by atoms with van der Waals surface area (Å²) in [7, 11) is 3.36. The molecule has 22 heavy (non-hydrogen) atoms. The Morgan fingerprint density at radius 2 is 2.27 bits per heavy atom. The number of urea groups is 1. The van der Waals surface area contributed by atoms with Gasteiger partial charge in [0.25, 0.3) is 0 Å². The largest absolute Gasteiger partial charge is 0.497 e. The first-order chi connectivity index (χ1) is 10.5. The highest BCUT2D eigenvalue weighted by Crippen LogP contribution is 2.14. The van der Waals surface area contributed by atoms with Crippen LogP contribution in [0.5, 0.6) is 5.75 Å². The van der Waals surface area contributed by atoms with E-state index in [1.807, 2.05) is 38.1 Å². The summed E-state index contributed by atoms with van der Waals surface area (Å²) >= 11 is 0. The fourth-order valence-electron chi connectivity index (χ4n) is 2.03. The van der Waals surface area contributed by atoms with Gasteiger partial charge in [0.15, 0.2) is 5.82 Å². The number of methoxy groups -OCH3 is 1. The van der Waals surface area contributed by atoms with Crippen LogP contribution in [0.15, 0.2) is 24.3 Å². The molecule has 0 bridgehead atoms. The highest BCUT2D eigenvalue weighted by Gasteiger charge is 2.16. The molecule has 2 N–H and O–H groups in total. The van der Waals surface area contributed by atoms with E-state index < -0.39 is 0 Å². The lowest BCUT2D eigenvalue weighted by atomic mass is 10.2. The minimum atomic E-state index is -0.259. The molecule has 2 amide bonds. The molecule has 2 rings (SSSR count). The van der Waals surface area contributed by atoms with E-state index in [1.54, 1.807) is 19.1 Å². The lowest BCUT2D eigenvalue weighted by Crippen LogP contribution is -2.38. The second-order valence-electron chi connectivity index (χ2n) is 5.16. The number of H-pyrrole nitrogens is 1. The number of aromatic amines is 1. The number of nitrogens with one attached hydrogen (secondary N) is 2. The highest BCUT2D eigenvalue weighted by molar-refractivity contribution is 5.74. The predicted molar refractivity (Wildman–Crippen MR) is 82.5 cm³/mol. The van der Waals surface area contributed by atoms with Crippen molar-refractivity contribution in [3.05, 3.63) is 41.5 Å². The van der Waals surface area contributed by atoms with Gasteiger partial charge in [-0.2, -0.15) is 5.10 Å². The number of carbonyl (C=O) groups excluding carboxylic acids is 1. The van der Waals surface area contributed by atoms with E-state index >= 15 is 0 Å². The second kappa shape index (κ2) is 6.93. The molecule has 1 aromatic heterocycles. The summed E-state index contributed by atoms with van der Waals surface area (Å²) in [5.74, 6) is 2.07. The van der Waals surface area contributed by atoms with Gasteiger partial charge in [0.05, 0.1) is 13.2 Å². The molecule has 0 spiro atoms. The third kappa shape index (κ3) is 3.97. The Bertz CT molecular complexity index is 640. The Labute approximate surface area is 129 Å². The van der Waals surface area contributed by atoms with Crippen molar-refractivity contribution in [2.75, 3.05) is 14.2 Å². The van der Waals surface area contributed by atoms with Crippen LogP contribution in [0.4, 0.5) is 4.79 Å². The Hall–Kier alpha value is -2.57. The van der Waals surface area contributed by atoms with E-state index in [9.17, 15) is 4.79 Å². The second-order valence-corrected chi connectivity index (χ2v) is 5.16. The van der Waals surface area contributed by atoms with E-state index in [0.717, 1.165) is 17.1 Å². The first-order valence-electron chi connectivity index (χ1n) is 7.03. The summed E-state index contributed by atoms with van der Waals surface area (Å²) in [6, 6.07) is 7.19. The summed E-state index contributed by atoms with van der Waals surface area (Å²) in [4.78, 5) is 18.0. The summed E-state index contributed by atoms with van der Waals surface area (Å²) in [5, 5.41) is 9.68. The SMILES string of the molecule is COc1cccc(CN(C)C(=O)N[C@H](C)c2n[nH]c(C)n2)c1. The van der Waals surface area contributed by atoms with Crippen molar-refractivity contribution < 1.29 is 9.53 Å². The number of hydrogen-bond donors (Lipinski definition) is 2. The highest BCUT2D eigenvalue weighted by atomic mass is 16.5. The predicted octanol–water partition coefficient (Wildman–Crippen LogP) is 2.02. The third-order valence-electron chi connectivity index (χ3n) is 3.24. The number of aryl methyl sites for hydroxylation is 1. The fourth-order valence-corrected chi connectivity index (χ4v) is 2.03. The Morgan fingerprint density at radius 1 is 1.50 bits per heavy atom. The molecular formula is C15H21N5O2. The first-order valence-corrected chi connectivity index (χ1v) is 7.03. The van der Waals surface area contributed by atoms with Gasteiger partial charge in [0, 0.05) is 13.6 Å². The number of carbonyl (C=O) groups is 1. The average Bonchev–Trinajstić information content (AvgIpc) is 2.94. The topological polar surface area (TPSA) is 83.1 Å². The molecule has 0 radical (unpaired) electrons. The fraction of sp³-hybridized carbons (Fsp3) is 0.400. The van der Waals surface area contributed by atoms with Crippen molar-refractivity contribution in [2.45, 2.75) is 26.4 Å². The number of rotatable bonds is 5. The van der Waals surface area contributed by atoms with Crippen molar-refractivity contribution in [3.8, 4) is 5.75 Å². The van der Waals surface area contributed by atoms with Crippen molar-refractivity contribution in [1.82, 2.24) is 25.4 Å². The molecule has 1 atom stereocenters. The monoisotopic (exact) mass is 303 g/mol. The molecule has 7 nitrogen and oxygen atoms in total. The molecule has 0 saturated carbocycles. The maximum absolute atomic E-state index is 12.2. The van der Waals surface area contributed by atoms with Gasteiger partial charge in [0.2, 0.25) is 0 Å². The number of ether oxygens (including phenoxy) is 1. The molecule has 0 saturated heterocycles. The van der Waals surface area contributed by atoms with Crippen LogP contribution in [0.3, 0.4) is 0 Å². The van der Waals surface area contributed by atoms with Gasteiger partial charge in [-0.1, -0.05) is 12.1 Å². The van der Waals surface area contributed by atoms with Crippen LogP contribution in [0.25, 0.3) is 0 Å². The molecule has 1 heterocycles. The van der Waals surface area contributed by atoms with E-state index in [1.165, 1.54) is 0 Å². The smallest absolute Gasteiger partial charge is 0.318 e. The lowest BCUT2D eigenvalue weighted by Gasteiger charge is -2.20. The van der Waals surface area contributed by atoms with E-state index in [-0.39, 0.29) is 12.1 Å². The van der Waals surface area contributed by atoms with Crippen LogP contribution in [0, 0.1) is 6.92 Å². The van der Waals surface area contributed by atoms with Crippen LogP contribution >= 0.6 is 0 Å². The zero-order valence-corrected chi connectivity index (χ0v) is 13.3. The molecular weight excluding hydrogens is 282 g/mol. The van der Waals surface area contributed by atoms with Crippen LogP contribution in [-0.4, -0.2) is 40.3 Å². The summed E-state index contributed by atoms with van der Waals surface area (Å²) < 4.78 is 5.18. The molecule has 118 valence electrons. The van der Waals surface area contributed by atoms with Crippen molar-refractivity contribution in [3.63, 3.8) is 0 Å². The van der Waals surface area contributed by atoms with Gasteiger partial charge in [-0.3, -0.25) is 5.10 Å². The van der Waals surface area contributed by atoms with Crippen LogP contribution in [0.2, 0.25) is 0 Å². The van der Waals surface area contributed by atoms with Crippen LogP contribution in [-0.2, 0) is 6.54 Å². The number of hydrogen-bond acceptors (Lipinski definition) is 4. The molecule has 0 fully saturated rings. The summed E-state index contributed by atoms with van der Waals surface area (Å²) in [6.07, 6.45) is 0. The lowest BCUT2D eigenvalue weighted by molar-refractivity contribution is 0.203. The first kappa shape index (κ1) is 15.8. The molecule has 1 aromatic carbocycles. The van der Waals surface area contributed by atoms with Crippen molar-refractivity contribution >= 4 is 6.03 Å². The zero-order valence-electron chi connectivity index (χ0n) is 13.3. The minimum Gasteiger partial charge on any atom is -0.497 e. The minimum absolute atomic E-state index is 0.183. The summed E-state index contributed by atoms with van der Waals surface area (Å²) in [5.41, 5.74) is 0.999. The van der Waals surface area contributed by atoms with Gasteiger partial charge in [-0.15, -0.1) is 0 Å². The Balaban J connectivity index is 1.94. The number of nitrogens with zero attached hydrogens (tertiary/aromatic N) is 3. The van der Waals surface area contributed by atoms with Crippen molar-refractivity contribution in [2.24, 2.45) is 0 Å². The zero-order chi connectivity index (χ0) is 16.1. The summed E-state index contributed by atoms with van der Waals surface area (Å²) in [6.45, 7) is 4.16. The van der Waals surface area contributed by atoms with Crippen LogP contribution in [0.1, 0.15) is 30.2 Å². The van der Waals surface area contributed by atoms with Gasteiger partial charge < -0.3 is 15.0 Å². The quantitative estimate of drug-likeness (QED) is 0.885. The number of amides is 2. The van der Waals surface area contributed by atoms with Crippen molar-refractivity contribution in [1.29, 1.82) is 0 Å². The molecule has 7 heteroatoms.